The number of rotatable bonds is 8. The number of hydrogen-bond donors (Lipinski definition) is 0. The molecule has 3 rings (SSSR count). The van der Waals surface area contributed by atoms with E-state index < -0.39 is 0 Å². The van der Waals surface area contributed by atoms with E-state index in [1.807, 2.05) is 51.1 Å². The smallest absolute Gasteiger partial charge is 0.226 e. The Kier molecular flexibility index (Phi) is 6.09. The van der Waals surface area contributed by atoms with Crippen LogP contribution in [0, 0.1) is 6.92 Å². The summed E-state index contributed by atoms with van der Waals surface area (Å²) >= 11 is 0. The number of methoxy groups -OCH3 is 1. The number of aryl methyl sites for hydroxylation is 2. The summed E-state index contributed by atoms with van der Waals surface area (Å²) in [6, 6.07) is 9.24. The van der Waals surface area contributed by atoms with Gasteiger partial charge in [-0.25, -0.2) is 4.98 Å². The van der Waals surface area contributed by atoms with Crippen molar-refractivity contribution in [1.29, 1.82) is 0 Å². The highest BCUT2D eigenvalue weighted by Crippen LogP contribution is 2.33. The van der Waals surface area contributed by atoms with Gasteiger partial charge in [-0.3, -0.25) is 9.78 Å². The molecule has 6 nitrogen and oxygen atoms in total. The summed E-state index contributed by atoms with van der Waals surface area (Å²) in [6.45, 7) is 5.79. The average molecular weight is 380 g/mol. The van der Waals surface area contributed by atoms with Gasteiger partial charge in [-0.2, -0.15) is 0 Å². The van der Waals surface area contributed by atoms with Crippen molar-refractivity contribution in [3.63, 3.8) is 0 Å². The van der Waals surface area contributed by atoms with E-state index in [9.17, 15) is 4.79 Å². The molecule has 0 bridgehead atoms. The molecule has 0 aliphatic heterocycles. The van der Waals surface area contributed by atoms with Crippen LogP contribution in [0.3, 0.4) is 0 Å². The van der Waals surface area contributed by atoms with Gasteiger partial charge in [-0.05, 0) is 50.6 Å². The summed E-state index contributed by atoms with van der Waals surface area (Å²) < 4.78 is 16.7. The Labute approximate surface area is 164 Å². The van der Waals surface area contributed by atoms with Crippen LogP contribution in [0.25, 0.3) is 11.5 Å². The Balaban J connectivity index is 1.72. The van der Waals surface area contributed by atoms with E-state index in [2.05, 4.69) is 9.97 Å². The molecular weight excluding hydrogens is 356 g/mol. The number of aromatic nitrogens is 2. The fourth-order valence-electron chi connectivity index (χ4n) is 2.85. The maximum atomic E-state index is 12.4. The molecule has 0 fully saturated rings. The van der Waals surface area contributed by atoms with Gasteiger partial charge >= 0.3 is 0 Å². The van der Waals surface area contributed by atoms with Crippen molar-refractivity contribution in [1.82, 2.24) is 9.97 Å². The Bertz CT molecular complexity index is 963. The lowest BCUT2D eigenvalue weighted by Crippen LogP contribution is -2.06. The van der Waals surface area contributed by atoms with E-state index in [4.69, 9.17) is 13.9 Å². The summed E-state index contributed by atoms with van der Waals surface area (Å²) in [5.41, 5.74) is 2.90. The third-order valence-corrected chi connectivity index (χ3v) is 4.21. The first-order valence-corrected chi connectivity index (χ1v) is 9.22. The quantitative estimate of drug-likeness (QED) is 0.529. The number of benzene rings is 1. The predicted molar refractivity (Wildman–Crippen MR) is 106 cm³/mol. The fraction of sp³-hybridized carbons (Fsp3) is 0.318. The maximum absolute atomic E-state index is 12.4. The summed E-state index contributed by atoms with van der Waals surface area (Å²) in [7, 11) is 1.60. The number of ketones is 1. The second-order valence-corrected chi connectivity index (χ2v) is 6.77. The lowest BCUT2D eigenvalue weighted by Gasteiger charge is -2.13. The minimum Gasteiger partial charge on any atom is -0.493 e. The van der Waals surface area contributed by atoms with E-state index in [0.717, 1.165) is 16.8 Å². The van der Waals surface area contributed by atoms with Crippen LogP contribution in [-0.4, -0.2) is 29.0 Å². The topological polar surface area (TPSA) is 74.5 Å². The molecule has 2 aromatic heterocycles. The molecule has 0 N–H and O–H groups in total. The molecule has 0 radical (unpaired) electrons. The first-order valence-electron chi connectivity index (χ1n) is 9.22. The molecule has 3 aromatic rings. The zero-order valence-electron chi connectivity index (χ0n) is 16.6. The number of ether oxygens (including phenoxy) is 2. The monoisotopic (exact) mass is 380 g/mol. The van der Waals surface area contributed by atoms with Crippen molar-refractivity contribution in [3.8, 4) is 23.0 Å². The minimum atomic E-state index is -0.000262. The Morgan fingerprint density at radius 3 is 2.75 bits per heavy atom. The van der Waals surface area contributed by atoms with Crippen molar-refractivity contribution in [2.24, 2.45) is 0 Å². The van der Waals surface area contributed by atoms with Gasteiger partial charge in [0.2, 0.25) is 5.89 Å². The molecule has 0 spiro atoms. The zero-order chi connectivity index (χ0) is 20.1. The van der Waals surface area contributed by atoms with Gasteiger partial charge in [0.15, 0.2) is 17.3 Å². The van der Waals surface area contributed by atoms with Gasteiger partial charge in [0, 0.05) is 24.6 Å². The normalized spacial score (nSPS) is 10.9. The van der Waals surface area contributed by atoms with Crippen molar-refractivity contribution in [2.45, 2.75) is 39.7 Å². The molecule has 6 heteroatoms. The summed E-state index contributed by atoms with van der Waals surface area (Å²) in [6.07, 6.45) is 4.05. The maximum Gasteiger partial charge on any atom is 0.226 e. The first kappa shape index (κ1) is 19.6. The van der Waals surface area contributed by atoms with E-state index in [-0.39, 0.29) is 11.9 Å². The Hall–Kier alpha value is -3.15. The van der Waals surface area contributed by atoms with Crippen molar-refractivity contribution in [2.75, 3.05) is 7.11 Å². The van der Waals surface area contributed by atoms with E-state index in [0.29, 0.717) is 35.9 Å². The zero-order valence-corrected chi connectivity index (χ0v) is 16.6. The van der Waals surface area contributed by atoms with Crippen LogP contribution in [0.1, 0.15) is 42.0 Å². The van der Waals surface area contributed by atoms with Crippen LogP contribution >= 0.6 is 0 Å². The van der Waals surface area contributed by atoms with Gasteiger partial charge in [-0.1, -0.05) is 6.07 Å². The number of nitrogens with zero attached hydrogens (tertiary/aromatic N) is 2. The van der Waals surface area contributed by atoms with E-state index in [1.54, 1.807) is 19.6 Å². The Morgan fingerprint density at radius 2 is 2.04 bits per heavy atom. The van der Waals surface area contributed by atoms with Gasteiger partial charge in [0.1, 0.15) is 12.0 Å². The van der Waals surface area contributed by atoms with Crippen LogP contribution in [0.2, 0.25) is 0 Å². The van der Waals surface area contributed by atoms with Crippen LogP contribution in [-0.2, 0) is 6.42 Å². The predicted octanol–water partition coefficient (Wildman–Crippen LogP) is 4.66. The minimum absolute atomic E-state index is 0.000262. The van der Waals surface area contributed by atoms with Gasteiger partial charge < -0.3 is 13.9 Å². The fourth-order valence-corrected chi connectivity index (χ4v) is 2.85. The first-order chi connectivity index (χ1) is 13.5. The second kappa shape index (κ2) is 8.69. The van der Waals surface area contributed by atoms with E-state index in [1.165, 1.54) is 0 Å². The summed E-state index contributed by atoms with van der Waals surface area (Å²) in [4.78, 5) is 21.1. The highest BCUT2D eigenvalue weighted by molar-refractivity contribution is 5.95. The van der Waals surface area contributed by atoms with Crippen molar-refractivity contribution >= 4 is 5.78 Å². The van der Waals surface area contributed by atoms with Gasteiger partial charge in [0.25, 0.3) is 0 Å². The van der Waals surface area contributed by atoms with Gasteiger partial charge in [0.05, 0.1) is 18.9 Å². The molecule has 1 aromatic carbocycles. The van der Waals surface area contributed by atoms with Crippen LogP contribution < -0.4 is 9.47 Å². The molecule has 0 aliphatic carbocycles. The molecule has 0 saturated carbocycles. The number of pyridine rings is 1. The lowest BCUT2D eigenvalue weighted by molar-refractivity contribution is 0.0977. The van der Waals surface area contributed by atoms with Crippen molar-refractivity contribution < 1.29 is 18.7 Å². The molecule has 0 atom stereocenters. The largest absolute Gasteiger partial charge is 0.493 e. The van der Waals surface area contributed by atoms with Gasteiger partial charge in [-0.15, -0.1) is 0 Å². The standard InChI is InChI=1S/C22H24N2O4/c1-14(2)28-20-12-16(7-10-19(20)26-4)22-24-17(13-27-22)8-9-18(25)21-15(3)6-5-11-23-21/h5-7,10-14H,8-9H2,1-4H3. The lowest BCUT2D eigenvalue weighted by atomic mass is 10.1. The van der Waals surface area contributed by atoms with Crippen LogP contribution in [0.5, 0.6) is 11.5 Å². The highest BCUT2D eigenvalue weighted by atomic mass is 16.5. The summed E-state index contributed by atoms with van der Waals surface area (Å²) in [5.74, 6) is 1.77. The molecule has 0 saturated heterocycles. The average Bonchev–Trinajstić information content (AvgIpc) is 3.15. The molecule has 146 valence electrons. The third kappa shape index (κ3) is 4.57. The van der Waals surface area contributed by atoms with Crippen LogP contribution in [0.4, 0.5) is 0 Å². The third-order valence-electron chi connectivity index (χ3n) is 4.21. The van der Waals surface area contributed by atoms with Crippen LogP contribution in [0.15, 0.2) is 47.2 Å². The number of carbonyl (C=O) groups excluding carboxylic acids is 1. The molecule has 0 aliphatic rings. The molecule has 0 unspecified atom stereocenters. The highest BCUT2D eigenvalue weighted by Gasteiger charge is 2.15. The van der Waals surface area contributed by atoms with E-state index >= 15 is 0 Å². The SMILES string of the molecule is COc1ccc(-c2nc(CCC(=O)c3ncccc3C)co2)cc1OC(C)C. The Morgan fingerprint density at radius 1 is 1.21 bits per heavy atom. The molecular formula is C22H24N2O4. The molecule has 0 amide bonds. The number of oxazole rings is 1. The molecule has 28 heavy (non-hydrogen) atoms. The number of Topliss-reactive ketones (excluding diaryl/α,β-unsaturated/α-hetero) is 1. The molecule has 2 heterocycles. The van der Waals surface area contributed by atoms with Crippen molar-refractivity contribution in [3.05, 3.63) is 59.7 Å². The number of hydrogen-bond acceptors (Lipinski definition) is 6. The number of carbonyl (C=O) groups is 1. The second-order valence-electron chi connectivity index (χ2n) is 6.77. The summed E-state index contributed by atoms with van der Waals surface area (Å²) in [5, 5.41) is 0.